The summed E-state index contributed by atoms with van der Waals surface area (Å²) in [6, 6.07) is 6.69. The lowest BCUT2D eigenvalue weighted by molar-refractivity contribution is -0.140. The fourth-order valence-corrected chi connectivity index (χ4v) is 4.28. The van der Waals surface area contributed by atoms with Crippen molar-refractivity contribution in [3.8, 4) is 17.0 Å². The monoisotopic (exact) mass is 480 g/mol. The number of nitrogens with zero attached hydrogens (tertiary/aromatic N) is 6. The lowest BCUT2D eigenvalue weighted by Gasteiger charge is -2.15. The maximum absolute atomic E-state index is 12.8. The molecule has 0 radical (unpaired) electrons. The molecule has 0 spiro atoms. The maximum Gasteiger partial charge on any atom is 0.387 e. The first kappa shape index (κ1) is 22.6. The number of hydrogen-bond donors (Lipinski definition) is 1. The Labute approximate surface area is 199 Å². The van der Waals surface area contributed by atoms with Gasteiger partial charge in [-0.25, -0.2) is 15.0 Å². The number of aliphatic carboxylic acids is 1. The Balaban J connectivity index is 1.43. The third-order valence-electron chi connectivity index (χ3n) is 6.11. The van der Waals surface area contributed by atoms with Gasteiger partial charge in [-0.1, -0.05) is 18.2 Å². The number of carbonyl (C=O) groups is 1. The molecule has 35 heavy (non-hydrogen) atoms. The number of carboxylic acids is 1. The van der Waals surface area contributed by atoms with Gasteiger partial charge in [-0.3, -0.25) is 14.2 Å². The van der Waals surface area contributed by atoms with Crippen LogP contribution in [0.4, 0.5) is 14.7 Å². The average Bonchev–Trinajstić information content (AvgIpc) is 3.45. The summed E-state index contributed by atoms with van der Waals surface area (Å²) in [5.74, 6) is -0.617. The van der Waals surface area contributed by atoms with Crippen LogP contribution in [0.3, 0.4) is 0 Å². The number of aromatic nitrogens is 5. The lowest BCUT2D eigenvalue weighted by Crippen LogP contribution is -2.24. The molecule has 1 atom stereocenters. The van der Waals surface area contributed by atoms with E-state index in [0.29, 0.717) is 54.3 Å². The molecule has 1 aliphatic rings. The third kappa shape index (κ3) is 4.61. The Morgan fingerprint density at radius 1 is 1.20 bits per heavy atom. The van der Waals surface area contributed by atoms with Crippen LogP contribution < -0.4 is 9.64 Å². The molecule has 1 fully saturated rings. The largest absolute Gasteiger partial charge is 0.481 e. The highest BCUT2D eigenvalue weighted by Gasteiger charge is 2.29. The molecule has 0 amide bonds. The Bertz CT molecular complexity index is 1380. The zero-order valence-corrected chi connectivity index (χ0v) is 18.8. The molecule has 0 bridgehead atoms. The van der Waals surface area contributed by atoms with Crippen LogP contribution >= 0.6 is 0 Å². The molecule has 1 unspecified atom stereocenters. The Morgan fingerprint density at radius 3 is 2.69 bits per heavy atom. The van der Waals surface area contributed by atoms with Crippen LogP contribution in [-0.4, -0.2) is 55.1 Å². The SMILES string of the molecule is Cc1nc2cnc(-c3cnc(N4CCC(C(=O)O)C4)nc3)cn2c1Cc1ccccc1OC(F)F. The van der Waals surface area contributed by atoms with Crippen molar-refractivity contribution in [1.29, 1.82) is 0 Å². The first-order valence-corrected chi connectivity index (χ1v) is 11.1. The zero-order valence-electron chi connectivity index (χ0n) is 18.8. The molecular weight excluding hydrogens is 458 g/mol. The minimum Gasteiger partial charge on any atom is -0.481 e. The molecule has 5 rings (SSSR count). The highest BCUT2D eigenvalue weighted by Crippen LogP contribution is 2.27. The van der Waals surface area contributed by atoms with Gasteiger partial charge in [-0.05, 0) is 19.4 Å². The second kappa shape index (κ2) is 9.24. The molecule has 3 aromatic heterocycles. The van der Waals surface area contributed by atoms with Crippen molar-refractivity contribution < 1.29 is 23.4 Å². The molecule has 4 aromatic rings. The molecular formula is C24H22F2N6O3. The number of rotatable bonds is 7. The molecule has 0 aliphatic carbocycles. The highest BCUT2D eigenvalue weighted by molar-refractivity contribution is 5.71. The van der Waals surface area contributed by atoms with Crippen LogP contribution in [0.1, 0.15) is 23.4 Å². The summed E-state index contributed by atoms with van der Waals surface area (Å²) >= 11 is 0. The summed E-state index contributed by atoms with van der Waals surface area (Å²) in [5, 5.41) is 9.20. The molecule has 1 aliphatic heterocycles. The molecule has 1 N–H and O–H groups in total. The smallest absolute Gasteiger partial charge is 0.387 e. The topological polar surface area (TPSA) is 106 Å². The first-order chi connectivity index (χ1) is 16.9. The van der Waals surface area contributed by atoms with E-state index in [1.54, 1.807) is 36.8 Å². The van der Waals surface area contributed by atoms with E-state index in [9.17, 15) is 18.7 Å². The van der Waals surface area contributed by atoms with E-state index in [1.165, 1.54) is 6.07 Å². The summed E-state index contributed by atoms with van der Waals surface area (Å²) in [7, 11) is 0. The van der Waals surface area contributed by atoms with E-state index in [0.717, 1.165) is 11.4 Å². The molecule has 180 valence electrons. The van der Waals surface area contributed by atoms with E-state index >= 15 is 0 Å². The van der Waals surface area contributed by atoms with E-state index in [4.69, 9.17) is 0 Å². The number of anilines is 1. The molecule has 11 heteroatoms. The number of carboxylic acid groups (broad SMARTS) is 1. The van der Waals surface area contributed by atoms with Gasteiger partial charge in [-0.15, -0.1) is 0 Å². The Morgan fingerprint density at radius 2 is 1.97 bits per heavy atom. The number of aryl methyl sites for hydroxylation is 1. The number of imidazole rings is 1. The van der Waals surface area contributed by atoms with Crippen LogP contribution in [0.2, 0.25) is 0 Å². The average molecular weight is 480 g/mol. The standard InChI is InChI=1S/C24H22F2N6O3/c1-14-19(8-15-4-2-3-5-20(15)35-23(25)26)32-13-18(27-11-21(32)30-14)17-9-28-24(29-10-17)31-7-6-16(12-31)22(33)34/h2-5,9-11,13,16,23H,6-8,12H2,1H3,(H,33,34). The van der Waals surface area contributed by atoms with Gasteiger partial charge in [0, 0.05) is 49.2 Å². The normalized spacial score (nSPS) is 15.8. The van der Waals surface area contributed by atoms with Crippen molar-refractivity contribution in [3.05, 3.63) is 66.0 Å². The molecule has 4 heterocycles. The van der Waals surface area contributed by atoms with Gasteiger partial charge in [-0.2, -0.15) is 8.78 Å². The number of ether oxygens (including phenoxy) is 1. The van der Waals surface area contributed by atoms with Gasteiger partial charge < -0.3 is 14.7 Å². The van der Waals surface area contributed by atoms with Crippen molar-refractivity contribution in [1.82, 2.24) is 24.3 Å². The van der Waals surface area contributed by atoms with Gasteiger partial charge in [0.05, 0.1) is 29.2 Å². The van der Waals surface area contributed by atoms with Crippen molar-refractivity contribution in [2.24, 2.45) is 5.92 Å². The number of alkyl halides is 2. The summed E-state index contributed by atoms with van der Waals surface area (Å²) in [6.07, 6.45) is 7.66. The quantitative estimate of drug-likeness (QED) is 0.428. The van der Waals surface area contributed by atoms with Gasteiger partial charge in [0.15, 0.2) is 5.65 Å². The predicted octanol–water partition coefficient (Wildman–Crippen LogP) is 3.60. The minimum atomic E-state index is -2.91. The summed E-state index contributed by atoms with van der Waals surface area (Å²) < 4.78 is 32.3. The van der Waals surface area contributed by atoms with Crippen LogP contribution in [0, 0.1) is 12.8 Å². The summed E-state index contributed by atoms with van der Waals surface area (Å²) in [4.78, 5) is 30.9. The lowest BCUT2D eigenvalue weighted by atomic mass is 10.1. The van der Waals surface area contributed by atoms with E-state index < -0.39 is 18.5 Å². The number of para-hydroxylation sites is 1. The number of fused-ring (bicyclic) bond motifs is 1. The second-order valence-corrected chi connectivity index (χ2v) is 8.35. The van der Waals surface area contributed by atoms with Gasteiger partial charge in [0.25, 0.3) is 0 Å². The molecule has 1 saturated heterocycles. The Kier molecular flexibility index (Phi) is 5.98. The van der Waals surface area contributed by atoms with Crippen molar-refractivity contribution in [2.75, 3.05) is 18.0 Å². The van der Waals surface area contributed by atoms with Gasteiger partial charge in [0.2, 0.25) is 5.95 Å². The maximum atomic E-state index is 12.8. The fourth-order valence-electron chi connectivity index (χ4n) is 4.28. The molecule has 9 nitrogen and oxygen atoms in total. The van der Waals surface area contributed by atoms with Crippen LogP contribution in [0.25, 0.3) is 16.9 Å². The second-order valence-electron chi connectivity index (χ2n) is 8.35. The Hall–Kier alpha value is -4.15. The first-order valence-electron chi connectivity index (χ1n) is 11.1. The minimum absolute atomic E-state index is 0.127. The van der Waals surface area contributed by atoms with Crippen molar-refractivity contribution in [2.45, 2.75) is 26.4 Å². The van der Waals surface area contributed by atoms with E-state index in [1.807, 2.05) is 22.4 Å². The van der Waals surface area contributed by atoms with Gasteiger partial charge in [0.1, 0.15) is 5.75 Å². The summed E-state index contributed by atoms with van der Waals surface area (Å²) in [6.45, 7) is -0.0760. The number of halogens is 2. The number of benzene rings is 1. The van der Waals surface area contributed by atoms with Crippen LogP contribution in [-0.2, 0) is 11.2 Å². The van der Waals surface area contributed by atoms with E-state index in [2.05, 4.69) is 24.7 Å². The molecule has 0 saturated carbocycles. The van der Waals surface area contributed by atoms with E-state index in [-0.39, 0.29) is 5.75 Å². The van der Waals surface area contributed by atoms with Gasteiger partial charge >= 0.3 is 12.6 Å². The van der Waals surface area contributed by atoms with Crippen molar-refractivity contribution in [3.63, 3.8) is 0 Å². The van der Waals surface area contributed by atoms with Crippen molar-refractivity contribution >= 4 is 17.6 Å². The highest BCUT2D eigenvalue weighted by atomic mass is 19.3. The zero-order chi connectivity index (χ0) is 24.5. The molecule has 1 aromatic carbocycles. The number of hydrogen-bond acceptors (Lipinski definition) is 7. The third-order valence-corrected chi connectivity index (χ3v) is 6.11. The van der Waals surface area contributed by atoms with Crippen LogP contribution in [0.5, 0.6) is 5.75 Å². The fraction of sp³-hybridized carbons (Fsp3) is 0.292. The van der Waals surface area contributed by atoms with Crippen LogP contribution in [0.15, 0.2) is 49.1 Å². The summed E-state index contributed by atoms with van der Waals surface area (Å²) in [5.41, 5.74) is 4.12. The predicted molar refractivity (Wildman–Crippen MR) is 123 cm³/mol.